The summed E-state index contributed by atoms with van der Waals surface area (Å²) in [6, 6.07) is 2.72. The summed E-state index contributed by atoms with van der Waals surface area (Å²) in [5.74, 6) is -0.781. The lowest BCUT2D eigenvalue weighted by molar-refractivity contribution is 0.0997. The van der Waals surface area contributed by atoms with Crippen LogP contribution >= 0.6 is 0 Å². The van der Waals surface area contributed by atoms with Crippen LogP contribution in [-0.4, -0.2) is 30.5 Å². The Morgan fingerprint density at radius 3 is 2.69 bits per heavy atom. The van der Waals surface area contributed by atoms with Gasteiger partial charge in [-0.15, -0.1) is 0 Å². The Bertz CT molecular complexity index is 672. The molecule has 0 unspecified atom stereocenters. The molecule has 3 N–H and O–H groups in total. The number of carbonyl (C=O) groups is 1. The highest BCUT2D eigenvalue weighted by molar-refractivity contribution is 7.90. The number of sulfone groups is 1. The van der Waals surface area contributed by atoms with E-state index < -0.39 is 15.7 Å². The molecule has 0 aliphatic rings. The van der Waals surface area contributed by atoms with Crippen molar-refractivity contribution in [2.24, 2.45) is 5.73 Å². The number of aromatic nitrogens is 2. The third-order valence-electron chi connectivity index (χ3n) is 2.19. The van der Waals surface area contributed by atoms with Crippen molar-refractivity contribution in [2.75, 3.05) is 6.26 Å². The fourth-order valence-corrected chi connectivity index (χ4v) is 2.35. The van der Waals surface area contributed by atoms with Gasteiger partial charge in [0.1, 0.15) is 0 Å². The monoisotopic (exact) mass is 239 g/mol. The maximum Gasteiger partial charge on any atom is 0.250 e. The van der Waals surface area contributed by atoms with E-state index in [1.54, 1.807) is 0 Å². The molecule has 7 heteroatoms. The Kier molecular flexibility index (Phi) is 2.20. The van der Waals surface area contributed by atoms with Gasteiger partial charge in [-0.2, -0.15) is 0 Å². The van der Waals surface area contributed by atoms with Crippen LogP contribution in [0.25, 0.3) is 11.0 Å². The third-order valence-corrected chi connectivity index (χ3v) is 3.32. The van der Waals surface area contributed by atoms with Crippen LogP contribution in [0.5, 0.6) is 0 Å². The summed E-state index contributed by atoms with van der Waals surface area (Å²) in [4.78, 5) is 17.8. The van der Waals surface area contributed by atoms with Crippen molar-refractivity contribution in [2.45, 2.75) is 4.90 Å². The highest BCUT2D eigenvalue weighted by atomic mass is 32.2. The molecule has 0 fully saturated rings. The quantitative estimate of drug-likeness (QED) is 0.773. The van der Waals surface area contributed by atoms with Gasteiger partial charge < -0.3 is 10.7 Å². The van der Waals surface area contributed by atoms with Crippen LogP contribution in [0.4, 0.5) is 0 Å². The summed E-state index contributed by atoms with van der Waals surface area (Å²) in [7, 11) is -3.50. The van der Waals surface area contributed by atoms with E-state index in [9.17, 15) is 13.2 Å². The van der Waals surface area contributed by atoms with Gasteiger partial charge in [0.05, 0.1) is 27.8 Å². The summed E-state index contributed by atoms with van der Waals surface area (Å²) in [5.41, 5.74) is 6.15. The van der Waals surface area contributed by atoms with Gasteiger partial charge in [-0.3, -0.25) is 4.79 Å². The molecule has 1 aromatic heterocycles. The Hall–Kier alpha value is -1.89. The number of aromatic amines is 1. The Labute approximate surface area is 91.4 Å². The van der Waals surface area contributed by atoms with Gasteiger partial charge in [-0.1, -0.05) is 0 Å². The molecule has 0 aliphatic carbocycles. The highest BCUT2D eigenvalue weighted by Gasteiger charge is 2.18. The van der Waals surface area contributed by atoms with Gasteiger partial charge in [0.2, 0.25) is 5.91 Å². The molecule has 0 aliphatic heterocycles. The summed E-state index contributed by atoms with van der Waals surface area (Å²) in [6.07, 6.45) is 2.44. The minimum absolute atomic E-state index is 0.0285. The molecule has 2 aromatic rings. The SMILES string of the molecule is CS(=O)(=O)c1cc2nc[nH]c2cc1C(N)=O. The zero-order valence-corrected chi connectivity index (χ0v) is 9.21. The number of carbonyl (C=O) groups excluding carboxylic acids is 1. The largest absolute Gasteiger partial charge is 0.366 e. The molecule has 0 bridgehead atoms. The lowest BCUT2D eigenvalue weighted by Gasteiger charge is -2.04. The second kappa shape index (κ2) is 3.31. The van der Waals surface area contributed by atoms with Gasteiger partial charge in [0.15, 0.2) is 9.84 Å². The molecule has 1 aromatic carbocycles. The number of hydrogen-bond acceptors (Lipinski definition) is 4. The van der Waals surface area contributed by atoms with Crippen molar-refractivity contribution < 1.29 is 13.2 Å². The molecular formula is C9H9N3O3S. The van der Waals surface area contributed by atoms with Crippen molar-refractivity contribution in [1.29, 1.82) is 0 Å². The first-order valence-corrected chi connectivity index (χ1v) is 6.26. The van der Waals surface area contributed by atoms with E-state index in [2.05, 4.69) is 9.97 Å². The normalized spacial score (nSPS) is 11.8. The smallest absolute Gasteiger partial charge is 0.250 e. The number of primary amides is 1. The first-order valence-electron chi connectivity index (χ1n) is 4.36. The predicted molar refractivity (Wildman–Crippen MR) is 57.7 cm³/mol. The van der Waals surface area contributed by atoms with Crippen LogP contribution in [-0.2, 0) is 9.84 Å². The Morgan fingerprint density at radius 2 is 2.12 bits per heavy atom. The summed E-state index contributed by atoms with van der Waals surface area (Å²) < 4.78 is 23.0. The number of benzene rings is 1. The summed E-state index contributed by atoms with van der Waals surface area (Å²) in [6.45, 7) is 0. The fourth-order valence-electron chi connectivity index (χ4n) is 1.46. The molecule has 0 atom stereocenters. The number of H-pyrrole nitrogens is 1. The minimum atomic E-state index is -3.50. The maximum atomic E-state index is 11.5. The number of rotatable bonds is 2. The number of imidazole rings is 1. The molecule has 2 rings (SSSR count). The van der Waals surface area contributed by atoms with Crippen molar-refractivity contribution >= 4 is 26.8 Å². The number of fused-ring (bicyclic) bond motifs is 1. The molecule has 1 heterocycles. The summed E-state index contributed by atoms with van der Waals surface area (Å²) in [5, 5.41) is 0. The first-order chi connectivity index (χ1) is 7.39. The summed E-state index contributed by atoms with van der Waals surface area (Å²) >= 11 is 0. The van der Waals surface area contributed by atoms with Gasteiger partial charge in [-0.25, -0.2) is 13.4 Å². The molecule has 0 radical (unpaired) electrons. The van der Waals surface area contributed by atoms with Gasteiger partial charge in [0, 0.05) is 6.26 Å². The van der Waals surface area contributed by atoms with Crippen LogP contribution in [0.3, 0.4) is 0 Å². The molecule has 0 spiro atoms. The molecular weight excluding hydrogens is 230 g/mol. The topological polar surface area (TPSA) is 106 Å². The van der Waals surface area contributed by atoms with E-state index in [1.807, 2.05) is 0 Å². The Balaban J connectivity index is 2.88. The highest BCUT2D eigenvalue weighted by Crippen LogP contribution is 2.21. The van der Waals surface area contributed by atoms with Crippen LogP contribution in [0.2, 0.25) is 0 Å². The molecule has 1 amide bonds. The standard InChI is InChI=1S/C9H9N3O3S/c1-16(14,15)8-3-7-6(11-4-12-7)2-5(8)9(10)13/h2-4H,1H3,(H2,10,13)(H,11,12). The zero-order valence-electron chi connectivity index (χ0n) is 8.39. The number of hydrogen-bond donors (Lipinski definition) is 2. The van der Waals surface area contributed by atoms with E-state index in [0.717, 1.165) is 6.26 Å². The average Bonchev–Trinajstić information content (AvgIpc) is 2.60. The van der Waals surface area contributed by atoms with Gasteiger partial charge in [-0.05, 0) is 12.1 Å². The second-order valence-electron chi connectivity index (χ2n) is 3.40. The van der Waals surface area contributed by atoms with E-state index in [0.29, 0.717) is 11.0 Å². The molecule has 0 saturated carbocycles. The third kappa shape index (κ3) is 1.65. The molecule has 0 saturated heterocycles. The molecule has 84 valence electrons. The second-order valence-corrected chi connectivity index (χ2v) is 5.39. The van der Waals surface area contributed by atoms with Crippen molar-refractivity contribution in [1.82, 2.24) is 9.97 Å². The van der Waals surface area contributed by atoms with Crippen molar-refractivity contribution in [3.8, 4) is 0 Å². The van der Waals surface area contributed by atoms with E-state index in [4.69, 9.17) is 5.73 Å². The van der Waals surface area contributed by atoms with Gasteiger partial charge in [0.25, 0.3) is 0 Å². The maximum absolute atomic E-state index is 11.5. The van der Waals surface area contributed by atoms with E-state index in [1.165, 1.54) is 18.5 Å². The lowest BCUT2D eigenvalue weighted by Crippen LogP contribution is -2.15. The minimum Gasteiger partial charge on any atom is -0.366 e. The Morgan fingerprint density at radius 1 is 1.44 bits per heavy atom. The lowest BCUT2D eigenvalue weighted by atomic mass is 10.2. The molecule has 6 nitrogen and oxygen atoms in total. The van der Waals surface area contributed by atoms with Crippen molar-refractivity contribution in [3.63, 3.8) is 0 Å². The average molecular weight is 239 g/mol. The number of nitrogens with two attached hydrogens (primary N) is 1. The van der Waals surface area contributed by atoms with Crippen LogP contribution in [0.15, 0.2) is 23.4 Å². The van der Waals surface area contributed by atoms with E-state index in [-0.39, 0.29) is 10.5 Å². The van der Waals surface area contributed by atoms with Crippen molar-refractivity contribution in [3.05, 3.63) is 24.0 Å². The predicted octanol–water partition coefficient (Wildman–Crippen LogP) is 0.0653. The first kappa shape index (κ1) is 10.6. The number of nitrogens with zero attached hydrogens (tertiary/aromatic N) is 1. The van der Waals surface area contributed by atoms with Gasteiger partial charge >= 0.3 is 0 Å². The van der Waals surface area contributed by atoms with Crippen LogP contribution < -0.4 is 5.73 Å². The zero-order chi connectivity index (χ0) is 11.9. The number of amides is 1. The van der Waals surface area contributed by atoms with E-state index >= 15 is 0 Å². The van der Waals surface area contributed by atoms with Crippen LogP contribution in [0, 0.1) is 0 Å². The molecule has 16 heavy (non-hydrogen) atoms. The van der Waals surface area contributed by atoms with Crippen LogP contribution in [0.1, 0.15) is 10.4 Å². The number of nitrogens with one attached hydrogen (secondary N) is 1. The fraction of sp³-hybridized carbons (Fsp3) is 0.111.